The number of nitrogens with zero attached hydrogens (tertiary/aromatic N) is 1. The molecular weight excluding hydrogens is 162 g/mol. The third-order valence-electron chi connectivity index (χ3n) is 2.71. The Hall–Kier alpha value is -0.890. The molecule has 1 aliphatic rings. The summed E-state index contributed by atoms with van der Waals surface area (Å²) in [6.45, 7) is 5.01. The van der Waals surface area contributed by atoms with E-state index in [2.05, 4.69) is 24.9 Å². The SMILES string of the molecule is CCCC1(C)OCc2ncccc21. The van der Waals surface area contributed by atoms with Gasteiger partial charge >= 0.3 is 0 Å². The maximum Gasteiger partial charge on any atom is 0.0926 e. The van der Waals surface area contributed by atoms with Crippen molar-refractivity contribution in [2.75, 3.05) is 0 Å². The highest BCUT2D eigenvalue weighted by atomic mass is 16.5. The Morgan fingerprint density at radius 3 is 3.23 bits per heavy atom. The molecule has 1 atom stereocenters. The van der Waals surface area contributed by atoms with Crippen molar-refractivity contribution in [3.63, 3.8) is 0 Å². The molecule has 0 saturated heterocycles. The standard InChI is InChI=1S/C11H15NO/c1-3-6-11(2)9-5-4-7-12-10(9)8-13-11/h4-5,7H,3,6,8H2,1-2H3. The smallest absolute Gasteiger partial charge is 0.0926 e. The number of fused-ring (bicyclic) bond motifs is 1. The molecule has 13 heavy (non-hydrogen) atoms. The van der Waals surface area contributed by atoms with Gasteiger partial charge in [-0.25, -0.2) is 0 Å². The normalized spacial score (nSPS) is 26.0. The zero-order valence-electron chi connectivity index (χ0n) is 8.21. The molecule has 1 unspecified atom stereocenters. The lowest BCUT2D eigenvalue weighted by Crippen LogP contribution is -2.19. The molecule has 1 aliphatic heterocycles. The van der Waals surface area contributed by atoms with E-state index in [1.54, 1.807) is 0 Å². The molecule has 0 N–H and O–H groups in total. The van der Waals surface area contributed by atoms with Crippen LogP contribution in [-0.4, -0.2) is 4.98 Å². The summed E-state index contributed by atoms with van der Waals surface area (Å²) in [5, 5.41) is 0. The lowest BCUT2D eigenvalue weighted by atomic mass is 9.92. The van der Waals surface area contributed by atoms with Crippen LogP contribution in [0.15, 0.2) is 18.3 Å². The van der Waals surface area contributed by atoms with E-state index in [4.69, 9.17) is 4.74 Å². The predicted octanol–water partition coefficient (Wildman–Crippen LogP) is 2.63. The quantitative estimate of drug-likeness (QED) is 0.692. The van der Waals surface area contributed by atoms with Gasteiger partial charge in [0.1, 0.15) is 0 Å². The molecule has 2 rings (SSSR count). The fourth-order valence-electron chi connectivity index (χ4n) is 2.02. The second-order valence-corrected chi connectivity index (χ2v) is 3.77. The van der Waals surface area contributed by atoms with Crippen LogP contribution in [0, 0.1) is 0 Å². The zero-order valence-corrected chi connectivity index (χ0v) is 8.21. The van der Waals surface area contributed by atoms with Crippen molar-refractivity contribution in [2.45, 2.75) is 38.9 Å². The Balaban J connectivity index is 2.37. The van der Waals surface area contributed by atoms with Gasteiger partial charge in [-0.3, -0.25) is 4.98 Å². The van der Waals surface area contributed by atoms with Crippen molar-refractivity contribution >= 4 is 0 Å². The molecule has 1 aromatic rings. The van der Waals surface area contributed by atoms with Crippen molar-refractivity contribution in [3.05, 3.63) is 29.6 Å². The van der Waals surface area contributed by atoms with E-state index in [0.717, 1.165) is 18.5 Å². The van der Waals surface area contributed by atoms with Gasteiger partial charge in [0, 0.05) is 11.8 Å². The summed E-state index contributed by atoms with van der Waals surface area (Å²) in [6.07, 6.45) is 4.05. The molecule has 0 radical (unpaired) electrons. The Bertz CT molecular complexity index is 307. The van der Waals surface area contributed by atoms with Crippen LogP contribution in [0.1, 0.15) is 37.9 Å². The van der Waals surface area contributed by atoms with Crippen molar-refractivity contribution in [2.24, 2.45) is 0 Å². The molecule has 1 aromatic heterocycles. The summed E-state index contributed by atoms with van der Waals surface area (Å²) < 4.78 is 5.79. The second kappa shape index (κ2) is 3.11. The molecule has 0 spiro atoms. The molecule has 0 bridgehead atoms. The summed E-state index contributed by atoms with van der Waals surface area (Å²) in [4.78, 5) is 4.31. The highest BCUT2D eigenvalue weighted by Crippen LogP contribution is 2.38. The first kappa shape index (κ1) is 8.70. The summed E-state index contributed by atoms with van der Waals surface area (Å²) in [5.41, 5.74) is 2.30. The van der Waals surface area contributed by atoms with E-state index in [1.165, 1.54) is 5.56 Å². The summed E-state index contributed by atoms with van der Waals surface area (Å²) in [6, 6.07) is 4.12. The van der Waals surface area contributed by atoms with E-state index < -0.39 is 0 Å². The maximum atomic E-state index is 5.79. The van der Waals surface area contributed by atoms with Crippen LogP contribution < -0.4 is 0 Å². The highest BCUT2D eigenvalue weighted by molar-refractivity contribution is 5.29. The van der Waals surface area contributed by atoms with Gasteiger partial charge in [-0.15, -0.1) is 0 Å². The van der Waals surface area contributed by atoms with E-state index >= 15 is 0 Å². The van der Waals surface area contributed by atoms with Crippen LogP contribution in [-0.2, 0) is 16.9 Å². The molecule has 2 heteroatoms. The van der Waals surface area contributed by atoms with E-state index in [9.17, 15) is 0 Å². The second-order valence-electron chi connectivity index (χ2n) is 3.77. The number of hydrogen-bond donors (Lipinski definition) is 0. The van der Waals surface area contributed by atoms with Crippen molar-refractivity contribution in [1.82, 2.24) is 4.98 Å². The Kier molecular flexibility index (Phi) is 2.08. The van der Waals surface area contributed by atoms with Crippen LogP contribution in [0.25, 0.3) is 0 Å². The fraction of sp³-hybridized carbons (Fsp3) is 0.545. The molecule has 2 nitrogen and oxygen atoms in total. The van der Waals surface area contributed by atoms with Gasteiger partial charge in [0.25, 0.3) is 0 Å². The lowest BCUT2D eigenvalue weighted by molar-refractivity contribution is -0.0304. The van der Waals surface area contributed by atoms with Crippen molar-refractivity contribution in [3.8, 4) is 0 Å². The first-order valence-electron chi connectivity index (χ1n) is 4.84. The number of aromatic nitrogens is 1. The van der Waals surface area contributed by atoms with Gasteiger partial charge in [-0.05, 0) is 19.4 Å². The predicted molar refractivity (Wildman–Crippen MR) is 51.3 cm³/mol. The minimum atomic E-state index is -0.0850. The molecule has 0 amide bonds. The number of ether oxygens (including phenoxy) is 1. The van der Waals surface area contributed by atoms with E-state index in [0.29, 0.717) is 6.61 Å². The molecular formula is C11H15NO. The first-order valence-corrected chi connectivity index (χ1v) is 4.84. The van der Waals surface area contributed by atoms with E-state index in [-0.39, 0.29) is 5.60 Å². The van der Waals surface area contributed by atoms with Crippen LogP contribution in [0.3, 0.4) is 0 Å². The largest absolute Gasteiger partial charge is 0.364 e. The molecule has 2 heterocycles. The fourth-order valence-corrected chi connectivity index (χ4v) is 2.02. The third kappa shape index (κ3) is 1.35. The number of pyridine rings is 1. The third-order valence-corrected chi connectivity index (χ3v) is 2.71. The van der Waals surface area contributed by atoms with Gasteiger partial charge in [-0.2, -0.15) is 0 Å². The first-order chi connectivity index (χ1) is 6.26. The maximum absolute atomic E-state index is 5.79. The molecule has 0 fully saturated rings. The summed E-state index contributed by atoms with van der Waals surface area (Å²) in [5.74, 6) is 0. The Morgan fingerprint density at radius 1 is 1.62 bits per heavy atom. The minimum absolute atomic E-state index is 0.0850. The Morgan fingerprint density at radius 2 is 2.46 bits per heavy atom. The van der Waals surface area contributed by atoms with Crippen LogP contribution in [0.4, 0.5) is 0 Å². The Labute approximate surface area is 78.9 Å². The molecule has 70 valence electrons. The van der Waals surface area contributed by atoms with Gasteiger partial charge in [-0.1, -0.05) is 19.4 Å². The van der Waals surface area contributed by atoms with Gasteiger partial charge in [0.05, 0.1) is 17.9 Å². The monoisotopic (exact) mass is 177 g/mol. The van der Waals surface area contributed by atoms with Gasteiger partial charge in [0.2, 0.25) is 0 Å². The van der Waals surface area contributed by atoms with Crippen molar-refractivity contribution in [1.29, 1.82) is 0 Å². The topological polar surface area (TPSA) is 22.1 Å². The molecule has 0 aliphatic carbocycles. The average molecular weight is 177 g/mol. The lowest BCUT2D eigenvalue weighted by Gasteiger charge is -2.23. The van der Waals surface area contributed by atoms with E-state index in [1.807, 2.05) is 12.3 Å². The molecule has 0 saturated carbocycles. The summed E-state index contributed by atoms with van der Waals surface area (Å²) >= 11 is 0. The molecule has 0 aromatic carbocycles. The van der Waals surface area contributed by atoms with Gasteiger partial charge < -0.3 is 4.74 Å². The van der Waals surface area contributed by atoms with Crippen LogP contribution in [0.5, 0.6) is 0 Å². The zero-order chi connectivity index (χ0) is 9.31. The number of hydrogen-bond acceptors (Lipinski definition) is 2. The number of rotatable bonds is 2. The van der Waals surface area contributed by atoms with Crippen LogP contribution >= 0.6 is 0 Å². The average Bonchev–Trinajstić information content (AvgIpc) is 2.46. The van der Waals surface area contributed by atoms with Crippen molar-refractivity contribution < 1.29 is 4.74 Å². The highest BCUT2D eigenvalue weighted by Gasteiger charge is 2.34. The summed E-state index contributed by atoms with van der Waals surface area (Å²) in [7, 11) is 0. The minimum Gasteiger partial charge on any atom is -0.364 e. The van der Waals surface area contributed by atoms with Crippen LogP contribution in [0.2, 0.25) is 0 Å². The van der Waals surface area contributed by atoms with Gasteiger partial charge in [0.15, 0.2) is 0 Å².